The van der Waals surface area contributed by atoms with Crippen molar-refractivity contribution in [3.8, 4) is 5.75 Å². The second-order valence-corrected chi connectivity index (χ2v) is 8.54. The van der Waals surface area contributed by atoms with Crippen LogP contribution >= 0.6 is 11.6 Å². The van der Waals surface area contributed by atoms with Gasteiger partial charge in [-0.3, -0.25) is 24.1 Å². The number of fused-ring (bicyclic) bond motifs is 5. The van der Waals surface area contributed by atoms with Crippen molar-refractivity contribution >= 4 is 23.3 Å². The number of ketones is 1. The lowest BCUT2D eigenvalue weighted by atomic mass is 10.0. The molecule has 0 radical (unpaired) electrons. The fourth-order valence-electron chi connectivity index (χ4n) is 4.55. The molecular formula is C24H19ClFN3O4. The molecule has 1 atom stereocenters. The number of amides is 1. The standard InChI is InChI=1S/C24H19ClFN3O4/c1-27-23-15-7-3-2-5-14(15)11-29(23)28-12-16(21(31)22(32)20(28)24(27)33)18(30)10-9-13-6-4-8-17(25)19(13)26/h2-8,12,23,32H,9-11H2,1H3/t23-/m0/s1. The van der Waals surface area contributed by atoms with Gasteiger partial charge in [-0.15, -0.1) is 0 Å². The zero-order valence-corrected chi connectivity index (χ0v) is 18.3. The Morgan fingerprint density at radius 3 is 2.73 bits per heavy atom. The molecule has 0 aliphatic carbocycles. The molecule has 33 heavy (non-hydrogen) atoms. The molecule has 1 aromatic heterocycles. The van der Waals surface area contributed by atoms with Crippen LogP contribution in [0.1, 0.15) is 50.1 Å². The molecule has 2 aromatic carbocycles. The first kappa shape index (κ1) is 21.2. The molecule has 168 valence electrons. The third kappa shape index (κ3) is 3.21. The van der Waals surface area contributed by atoms with Gasteiger partial charge in [0.25, 0.3) is 5.91 Å². The number of aromatic nitrogens is 1. The van der Waals surface area contributed by atoms with Gasteiger partial charge in [0.05, 0.1) is 17.1 Å². The summed E-state index contributed by atoms with van der Waals surface area (Å²) in [6.07, 6.45) is 0.736. The van der Waals surface area contributed by atoms with E-state index < -0.39 is 34.9 Å². The van der Waals surface area contributed by atoms with Crippen molar-refractivity contribution in [1.29, 1.82) is 0 Å². The van der Waals surface area contributed by atoms with E-state index in [0.29, 0.717) is 6.54 Å². The van der Waals surface area contributed by atoms with Crippen molar-refractivity contribution in [2.45, 2.75) is 25.6 Å². The van der Waals surface area contributed by atoms with Crippen LogP contribution in [0.15, 0.2) is 53.5 Å². The number of Topliss-reactive ketones (excluding diaryl/α,β-unsaturated/α-hetero) is 1. The molecular weight excluding hydrogens is 449 g/mol. The Labute approximate surface area is 193 Å². The molecule has 1 amide bonds. The monoisotopic (exact) mass is 467 g/mol. The number of carbonyl (C=O) groups excluding carboxylic acids is 2. The molecule has 0 saturated carbocycles. The molecule has 0 fully saturated rings. The smallest absolute Gasteiger partial charge is 0.278 e. The summed E-state index contributed by atoms with van der Waals surface area (Å²) in [6, 6.07) is 12.1. The first-order valence-corrected chi connectivity index (χ1v) is 10.7. The predicted molar refractivity (Wildman–Crippen MR) is 120 cm³/mol. The summed E-state index contributed by atoms with van der Waals surface area (Å²) in [6.45, 7) is 0.426. The maximum absolute atomic E-state index is 14.2. The van der Waals surface area contributed by atoms with Crippen LogP contribution in [0.3, 0.4) is 0 Å². The van der Waals surface area contributed by atoms with Crippen LogP contribution in [-0.2, 0) is 13.0 Å². The van der Waals surface area contributed by atoms with Gasteiger partial charge in [0.2, 0.25) is 5.43 Å². The van der Waals surface area contributed by atoms with Gasteiger partial charge in [-0.2, -0.15) is 0 Å². The summed E-state index contributed by atoms with van der Waals surface area (Å²) in [5.74, 6) is -2.48. The van der Waals surface area contributed by atoms with Crippen molar-refractivity contribution in [1.82, 2.24) is 9.58 Å². The summed E-state index contributed by atoms with van der Waals surface area (Å²) >= 11 is 5.80. The van der Waals surface area contributed by atoms with Crippen LogP contribution in [0.25, 0.3) is 0 Å². The molecule has 3 heterocycles. The number of aryl methyl sites for hydroxylation is 1. The quantitative estimate of drug-likeness (QED) is 0.595. The van der Waals surface area contributed by atoms with Crippen molar-refractivity contribution < 1.29 is 19.1 Å². The Morgan fingerprint density at radius 1 is 1.18 bits per heavy atom. The highest BCUT2D eigenvalue weighted by atomic mass is 35.5. The van der Waals surface area contributed by atoms with Crippen LogP contribution in [0.2, 0.25) is 5.02 Å². The van der Waals surface area contributed by atoms with Crippen molar-refractivity contribution in [2.75, 3.05) is 12.1 Å². The van der Waals surface area contributed by atoms with Gasteiger partial charge in [0.15, 0.2) is 17.2 Å². The van der Waals surface area contributed by atoms with E-state index in [1.165, 1.54) is 27.9 Å². The molecule has 9 heteroatoms. The van der Waals surface area contributed by atoms with E-state index in [2.05, 4.69) is 0 Å². The highest BCUT2D eigenvalue weighted by Crippen LogP contribution is 2.39. The molecule has 0 spiro atoms. The van der Waals surface area contributed by atoms with E-state index in [4.69, 9.17) is 11.6 Å². The third-order valence-corrected chi connectivity index (χ3v) is 6.52. The largest absolute Gasteiger partial charge is 0.502 e. The van der Waals surface area contributed by atoms with Crippen LogP contribution in [0, 0.1) is 5.82 Å². The first-order valence-electron chi connectivity index (χ1n) is 10.4. The number of nitrogens with zero attached hydrogens (tertiary/aromatic N) is 3. The summed E-state index contributed by atoms with van der Waals surface area (Å²) < 4.78 is 15.6. The van der Waals surface area contributed by atoms with Crippen molar-refractivity contribution in [2.24, 2.45) is 0 Å². The summed E-state index contributed by atoms with van der Waals surface area (Å²) in [5.41, 5.74) is 0.813. The number of hydrogen-bond acceptors (Lipinski definition) is 5. The van der Waals surface area contributed by atoms with Crippen LogP contribution in [-0.4, -0.2) is 33.4 Å². The number of hydrogen-bond donors (Lipinski definition) is 1. The zero-order chi connectivity index (χ0) is 23.4. The lowest BCUT2D eigenvalue weighted by molar-refractivity contribution is 0.0640. The maximum atomic E-state index is 14.2. The lowest BCUT2D eigenvalue weighted by Gasteiger charge is -2.41. The van der Waals surface area contributed by atoms with E-state index in [1.54, 1.807) is 13.1 Å². The van der Waals surface area contributed by atoms with E-state index >= 15 is 0 Å². The van der Waals surface area contributed by atoms with E-state index in [0.717, 1.165) is 11.1 Å². The minimum absolute atomic E-state index is 0.0344. The molecule has 3 aromatic rings. The number of rotatable bonds is 4. The number of halogens is 2. The molecule has 1 N–H and O–H groups in total. The highest BCUT2D eigenvalue weighted by Gasteiger charge is 2.43. The lowest BCUT2D eigenvalue weighted by Crippen LogP contribution is -2.52. The zero-order valence-electron chi connectivity index (χ0n) is 17.6. The molecule has 0 unspecified atom stereocenters. The van der Waals surface area contributed by atoms with E-state index in [-0.39, 0.29) is 34.7 Å². The Balaban J connectivity index is 1.53. The van der Waals surface area contributed by atoms with Gasteiger partial charge in [0, 0.05) is 25.2 Å². The molecule has 7 nitrogen and oxygen atoms in total. The van der Waals surface area contributed by atoms with E-state index in [9.17, 15) is 23.9 Å². The normalized spacial score (nSPS) is 16.5. The SMILES string of the molecule is CN1C(=O)c2c(O)c(=O)c(C(=O)CCc3cccc(Cl)c3F)cn2N2Cc3ccccc3[C@@H]12. The Morgan fingerprint density at radius 2 is 1.94 bits per heavy atom. The first-order chi connectivity index (χ1) is 15.8. The number of aromatic hydroxyl groups is 1. The Bertz CT molecular complexity index is 1390. The van der Waals surface area contributed by atoms with Crippen LogP contribution in [0.5, 0.6) is 5.75 Å². The van der Waals surface area contributed by atoms with Crippen molar-refractivity contribution in [3.05, 3.63) is 97.7 Å². The number of carbonyl (C=O) groups is 2. The topological polar surface area (TPSA) is 82.9 Å². The Hall–Kier alpha value is -3.65. The summed E-state index contributed by atoms with van der Waals surface area (Å²) in [5, 5.41) is 12.4. The minimum atomic E-state index is -0.922. The van der Waals surface area contributed by atoms with Gasteiger partial charge in [-0.05, 0) is 23.6 Å². The summed E-state index contributed by atoms with van der Waals surface area (Å²) in [4.78, 5) is 40.2. The van der Waals surface area contributed by atoms with Crippen LogP contribution < -0.4 is 10.4 Å². The Kier molecular flexibility index (Phi) is 4.97. The van der Waals surface area contributed by atoms with Crippen LogP contribution in [0.4, 0.5) is 4.39 Å². The molecule has 0 bridgehead atoms. The van der Waals surface area contributed by atoms with Gasteiger partial charge in [-0.25, -0.2) is 4.39 Å². The summed E-state index contributed by atoms with van der Waals surface area (Å²) in [7, 11) is 1.61. The highest BCUT2D eigenvalue weighted by molar-refractivity contribution is 6.30. The average Bonchev–Trinajstić information content (AvgIpc) is 3.20. The number of pyridine rings is 1. The fraction of sp³-hybridized carbons (Fsp3) is 0.208. The molecule has 2 aliphatic heterocycles. The van der Waals surface area contributed by atoms with Gasteiger partial charge in [-0.1, -0.05) is 48.0 Å². The predicted octanol–water partition coefficient (Wildman–Crippen LogP) is 3.40. The molecule has 5 rings (SSSR count). The average molecular weight is 468 g/mol. The second-order valence-electron chi connectivity index (χ2n) is 8.14. The molecule has 0 saturated heterocycles. The van der Waals surface area contributed by atoms with E-state index in [1.807, 2.05) is 29.3 Å². The minimum Gasteiger partial charge on any atom is -0.502 e. The van der Waals surface area contributed by atoms with Gasteiger partial charge in [0.1, 0.15) is 12.0 Å². The molecule has 2 aliphatic rings. The van der Waals surface area contributed by atoms with Gasteiger partial charge < -0.3 is 10.0 Å². The third-order valence-electron chi connectivity index (χ3n) is 6.23. The van der Waals surface area contributed by atoms with Gasteiger partial charge >= 0.3 is 0 Å². The maximum Gasteiger partial charge on any atom is 0.278 e. The van der Waals surface area contributed by atoms with Crippen molar-refractivity contribution in [3.63, 3.8) is 0 Å². The second kappa shape index (κ2) is 7.74. The fourth-order valence-corrected chi connectivity index (χ4v) is 4.74. The number of benzene rings is 2.